The minimum Gasteiger partial charge on any atom is -0.493 e. The molecule has 1 heterocycles. The standard InChI is InChI=1S/C22H26N4O2/c1-5-25(16(2)3)18-13-11-17(12-14-18)23-22(27)21-20(28-4)15-26(24-21)19-9-7-6-8-10-19/h6-16H,5H2,1-4H3,(H,23,27). The van der Waals surface area contributed by atoms with Crippen molar-refractivity contribution in [1.82, 2.24) is 9.78 Å². The van der Waals surface area contributed by atoms with Gasteiger partial charge in [-0.15, -0.1) is 0 Å². The van der Waals surface area contributed by atoms with Crippen molar-refractivity contribution in [3.63, 3.8) is 0 Å². The molecule has 0 aliphatic carbocycles. The monoisotopic (exact) mass is 378 g/mol. The van der Waals surface area contributed by atoms with Crippen LogP contribution in [0.5, 0.6) is 5.75 Å². The third-order valence-corrected chi connectivity index (χ3v) is 4.56. The highest BCUT2D eigenvalue weighted by Crippen LogP contribution is 2.23. The first-order valence-corrected chi connectivity index (χ1v) is 9.40. The van der Waals surface area contributed by atoms with E-state index in [1.807, 2.05) is 54.6 Å². The molecule has 0 saturated heterocycles. The number of aromatic nitrogens is 2. The number of methoxy groups -OCH3 is 1. The number of ether oxygens (including phenoxy) is 1. The summed E-state index contributed by atoms with van der Waals surface area (Å²) in [5.41, 5.74) is 2.94. The molecule has 6 heteroatoms. The van der Waals surface area contributed by atoms with Crippen LogP contribution < -0.4 is 15.0 Å². The molecule has 0 aliphatic heterocycles. The van der Waals surface area contributed by atoms with Gasteiger partial charge >= 0.3 is 0 Å². The van der Waals surface area contributed by atoms with Crippen LogP contribution in [0.15, 0.2) is 60.8 Å². The van der Waals surface area contributed by atoms with Gasteiger partial charge in [-0.05, 0) is 57.2 Å². The molecule has 0 fully saturated rings. The lowest BCUT2D eigenvalue weighted by Gasteiger charge is -2.27. The Morgan fingerprint density at radius 3 is 2.39 bits per heavy atom. The maximum atomic E-state index is 12.7. The second-order valence-corrected chi connectivity index (χ2v) is 6.71. The second-order valence-electron chi connectivity index (χ2n) is 6.71. The maximum Gasteiger partial charge on any atom is 0.280 e. The zero-order valence-electron chi connectivity index (χ0n) is 16.7. The molecule has 0 saturated carbocycles. The highest BCUT2D eigenvalue weighted by Gasteiger charge is 2.19. The molecule has 0 bridgehead atoms. The van der Waals surface area contributed by atoms with Crippen LogP contribution in [0.3, 0.4) is 0 Å². The molecule has 0 unspecified atom stereocenters. The number of nitrogens with zero attached hydrogens (tertiary/aromatic N) is 3. The predicted octanol–water partition coefficient (Wildman–Crippen LogP) is 4.37. The number of carbonyl (C=O) groups excluding carboxylic acids is 1. The van der Waals surface area contributed by atoms with Crippen molar-refractivity contribution >= 4 is 17.3 Å². The van der Waals surface area contributed by atoms with Crippen molar-refractivity contribution in [2.24, 2.45) is 0 Å². The first kappa shape index (κ1) is 19.5. The van der Waals surface area contributed by atoms with Crippen LogP contribution in [-0.2, 0) is 0 Å². The van der Waals surface area contributed by atoms with Crippen molar-refractivity contribution in [3.05, 3.63) is 66.5 Å². The third kappa shape index (κ3) is 4.17. The van der Waals surface area contributed by atoms with E-state index >= 15 is 0 Å². The van der Waals surface area contributed by atoms with Crippen LogP contribution in [0.25, 0.3) is 5.69 Å². The van der Waals surface area contributed by atoms with Gasteiger partial charge in [-0.3, -0.25) is 4.79 Å². The fourth-order valence-electron chi connectivity index (χ4n) is 3.15. The molecular weight excluding hydrogens is 352 g/mol. The summed E-state index contributed by atoms with van der Waals surface area (Å²) in [6, 6.07) is 17.8. The number of para-hydroxylation sites is 1. The molecular formula is C22H26N4O2. The number of nitrogens with one attached hydrogen (secondary N) is 1. The van der Waals surface area contributed by atoms with Crippen LogP contribution >= 0.6 is 0 Å². The highest BCUT2D eigenvalue weighted by atomic mass is 16.5. The molecule has 146 valence electrons. The number of amides is 1. The molecule has 3 aromatic rings. The van der Waals surface area contributed by atoms with E-state index in [1.54, 1.807) is 10.9 Å². The Labute approximate surface area is 165 Å². The Balaban J connectivity index is 1.79. The molecule has 6 nitrogen and oxygen atoms in total. The van der Waals surface area contributed by atoms with Crippen molar-refractivity contribution in [2.75, 3.05) is 23.9 Å². The van der Waals surface area contributed by atoms with E-state index in [0.717, 1.165) is 17.9 Å². The van der Waals surface area contributed by atoms with Gasteiger partial charge in [0.2, 0.25) is 0 Å². The third-order valence-electron chi connectivity index (χ3n) is 4.56. The van der Waals surface area contributed by atoms with Crippen LogP contribution in [0.2, 0.25) is 0 Å². The predicted molar refractivity (Wildman–Crippen MR) is 113 cm³/mol. The van der Waals surface area contributed by atoms with Crippen LogP contribution in [0.4, 0.5) is 11.4 Å². The van der Waals surface area contributed by atoms with Gasteiger partial charge < -0.3 is 15.0 Å². The van der Waals surface area contributed by atoms with E-state index in [0.29, 0.717) is 17.5 Å². The molecule has 0 radical (unpaired) electrons. The number of hydrogen-bond acceptors (Lipinski definition) is 4. The SMILES string of the molecule is CCN(c1ccc(NC(=O)c2nn(-c3ccccc3)cc2OC)cc1)C(C)C. The van der Waals surface area contributed by atoms with Crippen LogP contribution in [-0.4, -0.2) is 35.4 Å². The van der Waals surface area contributed by atoms with Crippen molar-refractivity contribution < 1.29 is 9.53 Å². The number of hydrogen-bond donors (Lipinski definition) is 1. The van der Waals surface area contributed by atoms with Gasteiger partial charge in [-0.1, -0.05) is 18.2 Å². The van der Waals surface area contributed by atoms with E-state index < -0.39 is 0 Å². The van der Waals surface area contributed by atoms with Gasteiger partial charge in [0.25, 0.3) is 5.91 Å². The van der Waals surface area contributed by atoms with E-state index in [-0.39, 0.29) is 11.6 Å². The Morgan fingerprint density at radius 1 is 1.14 bits per heavy atom. The van der Waals surface area contributed by atoms with Gasteiger partial charge in [0.05, 0.1) is 19.0 Å². The molecule has 3 rings (SSSR count). The Hall–Kier alpha value is -3.28. The Morgan fingerprint density at radius 2 is 1.82 bits per heavy atom. The first-order chi connectivity index (χ1) is 13.5. The van der Waals surface area contributed by atoms with E-state index in [1.165, 1.54) is 7.11 Å². The number of rotatable bonds is 7. The van der Waals surface area contributed by atoms with Crippen LogP contribution in [0.1, 0.15) is 31.3 Å². The summed E-state index contributed by atoms with van der Waals surface area (Å²) in [6.45, 7) is 7.38. The lowest BCUT2D eigenvalue weighted by Crippen LogP contribution is -2.30. The molecule has 0 spiro atoms. The van der Waals surface area contributed by atoms with Gasteiger partial charge in [0.15, 0.2) is 11.4 Å². The van der Waals surface area contributed by atoms with Crippen molar-refractivity contribution in [2.45, 2.75) is 26.8 Å². The summed E-state index contributed by atoms with van der Waals surface area (Å²) in [5, 5.41) is 7.30. The summed E-state index contributed by atoms with van der Waals surface area (Å²) < 4.78 is 6.98. The largest absolute Gasteiger partial charge is 0.493 e. The van der Waals surface area contributed by atoms with Gasteiger partial charge in [-0.2, -0.15) is 5.10 Å². The Bertz CT molecular complexity index is 917. The lowest BCUT2D eigenvalue weighted by molar-refractivity contribution is 0.101. The van der Waals surface area contributed by atoms with E-state index in [9.17, 15) is 4.79 Å². The fourth-order valence-corrected chi connectivity index (χ4v) is 3.15. The maximum absolute atomic E-state index is 12.7. The van der Waals surface area contributed by atoms with E-state index in [2.05, 4.69) is 36.1 Å². The molecule has 28 heavy (non-hydrogen) atoms. The van der Waals surface area contributed by atoms with Gasteiger partial charge in [0.1, 0.15) is 0 Å². The van der Waals surface area contributed by atoms with Crippen molar-refractivity contribution in [1.29, 1.82) is 0 Å². The molecule has 0 aliphatic rings. The minimum atomic E-state index is -0.310. The number of anilines is 2. The summed E-state index contributed by atoms with van der Waals surface area (Å²) in [6.07, 6.45) is 1.70. The smallest absolute Gasteiger partial charge is 0.280 e. The fraction of sp³-hybridized carbons (Fsp3) is 0.273. The molecule has 0 atom stereocenters. The zero-order chi connectivity index (χ0) is 20.1. The minimum absolute atomic E-state index is 0.243. The van der Waals surface area contributed by atoms with Crippen LogP contribution in [0, 0.1) is 0 Å². The average Bonchev–Trinajstić information content (AvgIpc) is 3.15. The summed E-state index contributed by atoms with van der Waals surface area (Å²) >= 11 is 0. The molecule has 1 amide bonds. The van der Waals surface area contributed by atoms with Gasteiger partial charge in [0, 0.05) is 24.0 Å². The molecule has 1 aromatic heterocycles. The number of benzene rings is 2. The summed E-state index contributed by atoms with van der Waals surface area (Å²) in [4.78, 5) is 15.0. The highest BCUT2D eigenvalue weighted by molar-refractivity contribution is 6.04. The first-order valence-electron chi connectivity index (χ1n) is 9.40. The zero-order valence-corrected chi connectivity index (χ0v) is 16.7. The summed E-state index contributed by atoms with van der Waals surface area (Å²) in [7, 11) is 1.53. The van der Waals surface area contributed by atoms with E-state index in [4.69, 9.17) is 4.74 Å². The Kier molecular flexibility index (Phi) is 5.99. The normalized spacial score (nSPS) is 10.8. The summed E-state index contributed by atoms with van der Waals surface area (Å²) in [5.74, 6) is 0.116. The molecule has 1 N–H and O–H groups in total. The lowest BCUT2D eigenvalue weighted by atomic mass is 10.2. The quantitative estimate of drug-likeness (QED) is 0.663. The number of carbonyl (C=O) groups is 1. The van der Waals surface area contributed by atoms with Gasteiger partial charge in [-0.25, -0.2) is 4.68 Å². The average molecular weight is 378 g/mol. The van der Waals surface area contributed by atoms with Crippen molar-refractivity contribution in [3.8, 4) is 11.4 Å². The second kappa shape index (κ2) is 8.61. The molecule has 2 aromatic carbocycles. The topological polar surface area (TPSA) is 59.4 Å².